The Morgan fingerprint density at radius 3 is 2.78 bits per heavy atom. The van der Waals surface area contributed by atoms with Crippen molar-refractivity contribution in [2.45, 2.75) is 6.92 Å². The molecule has 2 rings (SSSR count). The van der Waals surface area contributed by atoms with Gasteiger partial charge in [0.25, 0.3) is 5.91 Å². The van der Waals surface area contributed by atoms with Crippen LogP contribution in [0, 0.1) is 0 Å². The van der Waals surface area contributed by atoms with E-state index in [0.29, 0.717) is 22.1 Å². The van der Waals surface area contributed by atoms with Gasteiger partial charge in [-0.15, -0.1) is 11.3 Å². The molecule has 0 aliphatic rings. The third kappa shape index (κ3) is 2.72. The van der Waals surface area contributed by atoms with Crippen LogP contribution in [0.15, 0.2) is 29.6 Å². The number of rotatable bonds is 3. The quantitative estimate of drug-likeness (QED) is 0.655. The highest BCUT2D eigenvalue weighted by Crippen LogP contribution is 2.17. The normalized spacial score (nSPS) is 10.1. The van der Waals surface area contributed by atoms with Crippen molar-refractivity contribution < 1.29 is 9.59 Å². The van der Waals surface area contributed by atoms with E-state index in [2.05, 4.69) is 10.3 Å². The molecule has 3 N–H and O–H groups in total. The Balaban J connectivity index is 2.13. The maximum Gasteiger partial charge on any atom is 0.257 e. The third-order valence-corrected chi connectivity index (χ3v) is 2.99. The number of nitrogen functional groups attached to an aromatic ring is 1. The van der Waals surface area contributed by atoms with Crippen LogP contribution < -0.4 is 11.1 Å². The van der Waals surface area contributed by atoms with E-state index in [-0.39, 0.29) is 11.7 Å². The van der Waals surface area contributed by atoms with E-state index in [1.54, 1.807) is 29.6 Å². The van der Waals surface area contributed by atoms with Gasteiger partial charge < -0.3 is 5.73 Å². The first-order valence-electron chi connectivity index (χ1n) is 5.19. The van der Waals surface area contributed by atoms with E-state index < -0.39 is 0 Å². The van der Waals surface area contributed by atoms with Crippen molar-refractivity contribution in [3.8, 4) is 0 Å². The number of amides is 1. The average Bonchev–Trinajstić information content (AvgIpc) is 2.77. The van der Waals surface area contributed by atoms with Crippen LogP contribution in [-0.4, -0.2) is 16.7 Å². The molecule has 5 nitrogen and oxygen atoms in total. The Morgan fingerprint density at radius 1 is 1.39 bits per heavy atom. The van der Waals surface area contributed by atoms with Gasteiger partial charge in [0, 0.05) is 23.6 Å². The number of carbonyl (C=O) groups excluding carboxylic acids is 2. The van der Waals surface area contributed by atoms with Gasteiger partial charge in [-0.25, -0.2) is 4.98 Å². The molecule has 1 amide bonds. The molecule has 0 radical (unpaired) electrons. The monoisotopic (exact) mass is 261 g/mol. The van der Waals surface area contributed by atoms with Crippen LogP contribution in [0.5, 0.6) is 0 Å². The highest BCUT2D eigenvalue weighted by molar-refractivity contribution is 7.14. The average molecular weight is 261 g/mol. The lowest BCUT2D eigenvalue weighted by Gasteiger charge is -2.02. The van der Waals surface area contributed by atoms with Crippen LogP contribution in [0.25, 0.3) is 0 Å². The smallest absolute Gasteiger partial charge is 0.257 e. The van der Waals surface area contributed by atoms with E-state index in [0.717, 1.165) is 0 Å². The number of anilines is 2. The van der Waals surface area contributed by atoms with E-state index in [9.17, 15) is 9.59 Å². The van der Waals surface area contributed by atoms with Crippen molar-refractivity contribution >= 4 is 33.8 Å². The molecule has 0 saturated carbocycles. The van der Waals surface area contributed by atoms with Gasteiger partial charge in [-0.2, -0.15) is 0 Å². The maximum absolute atomic E-state index is 11.9. The molecule has 0 aliphatic carbocycles. The summed E-state index contributed by atoms with van der Waals surface area (Å²) in [6, 6.07) is 6.64. The summed E-state index contributed by atoms with van der Waals surface area (Å²) in [5.74, 6) is -0.428. The molecule has 1 aromatic carbocycles. The number of benzene rings is 1. The molecule has 0 atom stereocenters. The summed E-state index contributed by atoms with van der Waals surface area (Å²) in [7, 11) is 0. The predicted molar refractivity (Wildman–Crippen MR) is 70.9 cm³/mol. The summed E-state index contributed by atoms with van der Waals surface area (Å²) in [4.78, 5) is 26.9. The number of hydrogen-bond donors (Lipinski definition) is 2. The van der Waals surface area contributed by atoms with Gasteiger partial charge in [0.05, 0.1) is 0 Å². The highest BCUT2D eigenvalue weighted by Gasteiger charge is 2.10. The van der Waals surface area contributed by atoms with Crippen LogP contribution in [-0.2, 0) is 0 Å². The number of thiazole rings is 1. The number of aromatic nitrogens is 1. The van der Waals surface area contributed by atoms with E-state index in [4.69, 9.17) is 5.73 Å². The Morgan fingerprint density at radius 2 is 2.17 bits per heavy atom. The fourth-order valence-electron chi connectivity index (χ4n) is 1.34. The zero-order valence-corrected chi connectivity index (χ0v) is 10.5. The molecule has 1 aromatic heterocycles. The van der Waals surface area contributed by atoms with Crippen molar-refractivity contribution in [2.75, 3.05) is 11.1 Å². The summed E-state index contributed by atoms with van der Waals surface area (Å²) in [5.41, 5.74) is 6.92. The highest BCUT2D eigenvalue weighted by atomic mass is 32.1. The molecular weight excluding hydrogens is 250 g/mol. The number of hydrogen-bond acceptors (Lipinski definition) is 5. The lowest BCUT2D eigenvalue weighted by Crippen LogP contribution is -2.12. The minimum absolute atomic E-state index is 0.129. The van der Waals surface area contributed by atoms with Crippen molar-refractivity contribution in [1.82, 2.24) is 4.98 Å². The number of ketones is 1. The lowest BCUT2D eigenvalue weighted by molar-refractivity contribution is 0.100. The van der Waals surface area contributed by atoms with Crippen molar-refractivity contribution in [1.29, 1.82) is 0 Å². The van der Waals surface area contributed by atoms with Crippen molar-refractivity contribution in [3.63, 3.8) is 0 Å². The van der Waals surface area contributed by atoms with Crippen LogP contribution in [0.2, 0.25) is 0 Å². The third-order valence-electron chi connectivity index (χ3n) is 2.23. The molecular formula is C12H11N3O2S. The SMILES string of the molecule is CC(=O)c1csc(NC(=O)c2cccc(N)c2)n1. The molecule has 1 heterocycles. The number of carbonyl (C=O) groups is 2. The molecule has 0 spiro atoms. The molecule has 92 valence electrons. The van der Waals surface area contributed by atoms with Crippen LogP contribution in [0.4, 0.5) is 10.8 Å². The summed E-state index contributed by atoms with van der Waals surface area (Å²) in [5, 5.41) is 4.63. The van der Waals surface area contributed by atoms with Crippen LogP contribution in [0.3, 0.4) is 0 Å². The van der Waals surface area contributed by atoms with Gasteiger partial charge >= 0.3 is 0 Å². The summed E-state index contributed by atoms with van der Waals surface area (Å²) < 4.78 is 0. The van der Waals surface area contributed by atoms with Gasteiger partial charge in [-0.05, 0) is 18.2 Å². The largest absolute Gasteiger partial charge is 0.399 e. The maximum atomic E-state index is 11.9. The second-order valence-corrected chi connectivity index (χ2v) is 4.53. The van der Waals surface area contributed by atoms with Gasteiger partial charge in [0.15, 0.2) is 10.9 Å². The second-order valence-electron chi connectivity index (χ2n) is 3.67. The molecule has 0 aliphatic heterocycles. The zero-order valence-electron chi connectivity index (χ0n) is 9.64. The van der Waals surface area contributed by atoms with Gasteiger partial charge in [0.2, 0.25) is 0 Å². The molecule has 18 heavy (non-hydrogen) atoms. The summed E-state index contributed by atoms with van der Waals surface area (Å²) >= 11 is 1.21. The lowest BCUT2D eigenvalue weighted by atomic mass is 10.2. The summed E-state index contributed by atoms with van der Waals surface area (Å²) in [6.45, 7) is 1.43. The Hall–Kier alpha value is -2.21. The number of nitrogens with one attached hydrogen (secondary N) is 1. The standard InChI is InChI=1S/C12H11N3O2S/c1-7(16)10-6-18-12(14-10)15-11(17)8-3-2-4-9(13)5-8/h2-6H,13H2,1H3,(H,14,15,17). The Kier molecular flexibility index (Phi) is 3.38. The van der Waals surface area contributed by atoms with Crippen LogP contribution in [0.1, 0.15) is 27.8 Å². The van der Waals surface area contributed by atoms with Crippen LogP contribution >= 0.6 is 11.3 Å². The van der Waals surface area contributed by atoms with E-state index in [1.165, 1.54) is 18.3 Å². The predicted octanol–water partition coefficient (Wildman–Crippen LogP) is 2.18. The molecule has 2 aromatic rings. The summed E-state index contributed by atoms with van der Waals surface area (Å²) in [6.07, 6.45) is 0. The molecule has 0 unspecified atom stereocenters. The fourth-order valence-corrected chi connectivity index (χ4v) is 2.09. The first-order chi connectivity index (χ1) is 8.56. The number of nitrogens with two attached hydrogens (primary N) is 1. The van der Waals surface area contributed by atoms with Crippen molar-refractivity contribution in [3.05, 3.63) is 40.9 Å². The molecule has 0 bridgehead atoms. The Labute approximate surface area is 108 Å². The molecule has 0 fully saturated rings. The van der Waals surface area contributed by atoms with Gasteiger partial charge in [-0.1, -0.05) is 6.07 Å². The first-order valence-corrected chi connectivity index (χ1v) is 6.07. The fraction of sp³-hybridized carbons (Fsp3) is 0.0833. The topological polar surface area (TPSA) is 85.1 Å². The molecule has 0 saturated heterocycles. The van der Waals surface area contributed by atoms with Gasteiger partial charge in [0.1, 0.15) is 5.69 Å². The minimum Gasteiger partial charge on any atom is -0.399 e. The number of nitrogens with zero attached hydrogens (tertiary/aromatic N) is 1. The zero-order chi connectivity index (χ0) is 13.1. The van der Waals surface area contributed by atoms with Crippen molar-refractivity contribution in [2.24, 2.45) is 0 Å². The van der Waals surface area contributed by atoms with E-state index >= 15 is 0 Å². The van der Waals surface area contributed by atoms with E-state index in [1.807, 2.05) is 0 Å². The first kappa shape index (κ1) is 12.3. The van der Waals surface area contributed by atoms with Gasteiger partial charge in [-0.3, -0.25) is 14.9 Å². The Bertz CT molecular complexity index is 607. The minimum atomic E-state index is -0.299. The molecule has 6 heteroatoms. The second kappa shape index (κ2) is 4.97. The number of Topliss-reactive ketones (excluding diaryl/α,β-unsaturated/α-hetero) is 1.